The molecule has 0 bridgehead atoms. The monoisotopic (exact) mass is 407 g/mol. The second-order valence-electron chi connectivity index (χ2n) is 7.02. The number of para-hydroxylation sites is 2. The molecule has 28 heavy (non-hydrogen) atoms. The van der Waals surface area contributed by atoms with Gasteiger partial charge in [-0.2, -0.15) is 0 Å². The van der Waals surface area contributed by atoms with Gasteiger partial charge in [-0.25, -0.2) is 19.5 Å². The molecule has 0 fully saturated rings. The third-order valence-electron chi connectivity index (χ3n) is 5.18. The number of oxazole rings is 1. The van der Waals surface area contributed by atoms with Crippen LogP contribution in [0.5, 0.6) is 0 Å². The molecule has 1 aliphatic rings. The minimum Gasteiger partial charge on any atom is -0.431 e. The van der Waals surface area contributed by atoms with Gasteiger partial charge in [-0.3, -0.25) is 0 Å². The lowest BCUT2D eigenvalue weighted by atomic mass is 10.1. The van der Waals surface area contributed by atoms with Crippen molar-refractivity contribution in [1.82, 2.24) is 24.6 Å². The first kappa shape index (κ1) is 16.5. The first-order chi connectivity index (χ1) is 13.8. The Bertz CT molecular complexity index is 1290. The molecule has 0 radical (unpaired) electrons. The highest BCUT2D eigenvalue weighted by Gasteiger charge is 2.20. The van der Waals surface area contributed by atoms with Crippen LogP contribution in [-0.4, -0.2) is 24.6 Å². The van der Waals surface area contributed by atoms with Crippen molar-refractivity contribution in [3.05, 3.63) is 46.9 Å². The molecule has 0 saturated heterocycles. The van der Waals surface area contributed by atoms with Crippen LogP contribution >= 0.6 is 23.1 Å². The van der Waals surface area contributed by atoms with Crippen molar-refractivity contribution in [2.45, 2.75) is 43.1 Å². The van der Waals surface area contributed by atoms with Gasteiger partial charge in [-0.05, 0) is 43.4 Å². The van der Waals surface area contributed by atoms with Crippen LogP contribution < -0.4 is 0 Å². The summed E-state index contributed by atoms with van der Waals surface area (Å²) in [4.78, 5) is 16.6. The summed E-state index contributed by atoms with van der Waals surface area (Å²) < 4.78 is 7.61. The molecule has 0 aliphatic heterocycles. The van der Waals surface area contributed by atoms with E-state index in [1.165, 1.54) is 46.9 Å². The SMILES string of the molecule is c1ccc2oc(SCc3nc4c5c6c(sc5ncn4n3)CCCCC6)nc2c1. The largest absolute Gasteiger partial charge is 0.431 e. The smallest absolute Gasteiger partial charge is 0.257 e. The van der Waals surface area contributed by atoms with Crippen LogP contribution in [0.4, 0.5) is 0 Å². The third kappa shape index (κ3) is 2.70. The molecule has 6 rings (SSSR count). The molecule has 0 amide bonds. The second-order valence-corrected chi connectivity index (χ2v) is 9.03. The fourth-order valence-corrected chi connectivity index (χ4v) is 5.79. The van der Waals surface area contributed by atoms with Crippen molar-refractivity contribution in [3.63, 3.8) is 0 Å². The van der Waals surface area contributed by atoms with Gasteiger partial charge in [0, 0.05) is 4.88 Å². The normalized spacial score (nSPS) is 14.7. The van der Waals surface area contributed by atoms with Crippen LogP contribution in [-0.2, 0) is 18.6 Å². The van der Waals surface area contributed by atoms with Crippen molar-refractivity contribution >= 4 is 50.1 Å². The van der Waals surface area contributed by atoms with E-state index in [0.717, 1.165) is 40.2 Å². The quantitative estimate of drug-likeness (QED) is 0.308. The molecule has 8 heteroatoms. The minimum atomic E-state index is 0.613. The van der Waals surface area contributed by atoms with Gasteiger partial charge in [0.2, 0.25) is 0 Å². The van der Waals surface area contributed by atoms with Crippen LogP contribution in [0.25, 0.3) is 27.0 Å². The number of hydrogen-bond acceptors (Lipinski definition) is 7. The van der Waals surface area contributed by atoms with Crippen molar-refractivity contribution in [3.8, 4) is 0 Å². The van der Waals surface area contributed by atoms with E-state index in [9.17, 15) is 0 Å². The molecule has 0 unspecified atom stereocenters. The first-order valence-electron chi connectivity index (χ1n) is 9.48. The van der Waals surface area contributed by atoms with Crippen LogP contribution in [0.3, 0.4) is 0 Å². The predicted molar refractivity (Wildman–Crippen MR) is 111 cm³/mol. The average Bonchev–Trinajstić information content (AvgIpc) is 3.36. The number of aromatic nitrogens is 5. The number of fused-ring (bicyclic) bond motifs is 6. The van der Waals surface area contributed by atoms with Crippen LogP contribution in [0, 0.1) is 0 Å². The molecule has 0 N–H and O–H groups in total. The van der Waals surface area contributed by atoms with Gasteiger partial charge in [0.15, 0.2) is 17.1 Å². The highest BCUT2D eigenvalue weighted by atomic mass is 32.2. The summed E-state index contributed by atoms with van der Waals surface area (Å²) in [5.74, 6) is 1.39. The molecule has 4 aromatic heterocycles. The van der Waals surface area contributed by atoms with Crippen LogP contribution in [0.2, 0.25) is 0 Å². The topological polar surface area (TPSA) is 69.1 Å². The van der Waals surface area contributed by atoms with Crippen molar-refractivity contribution in [2.24, 2.45) is 0 Å². The molecule has 140 valence electrons. The zero-order valence-electron chi connectivity index (χ0n) is 15.1. The number of thioether (sulfide) groups is 1. The standard InChI is InChI=1S/C20H17N5OS2/c1-2-6-12-15(9-3-1)28-19-17(12)18-23-16(24-25(18)11-21-19)10-27-20-22-13-7-4-5-8-14(13)26-20/h4-5,7-8,11H,1-3,6,9-10H2. The van der Waals surface area contributed by atoms with Gasteiger partial charge in [0.05, 0.1) is 11.1 Å². The lowest BCUT2D eigenvalue weighted by molar-refractivity contribution is 0.489. The summed E-state index contributed by atoms with van der Waals surface area (Å²) in [6.07, 6.45) is 7.89. The number of thiophene rings is 1. The number of benzene rings is 1. The summed E-state index contributed by atoms with van der Waals surface area (Å²) in [6.45, 7) is 0. The van der Waals surface area contributed by atoms with Crippen molar-refractivity contribution in [2.75, 3.05) is 0 Å². The number of nitrogens with zero attached hydrogens (tertiary/aromatic N) is 5. The maximum Gasteiger partial charge on any atom is 0.257 e. The molecule has 6 nitrogen and oxygen atoms in total. The Morgan fingerprint density at radius 3 is 3.00 bits per heavy atom. The first-order valence-corrected chi connectivity index (χ1v) is 11.3. The summed E-state index contributed by atoms with van der Waals surface area (Å²) in [5, 5.41) is 6.49. The van der Waals surface area contributed by atoms with Gasteiger partial charge >= 0.3 is 0 Å². The molecular weight excluding hydrogens is 390 g/mol. The minimum absolute atomic E-state index is 0.613. The fraction of sp³-hybridized carbons (Fsp3) is 0.300. The molecule has 1 aromatic carbocycles. The summed E-state index contributed by atoms with van der Waals surface area (Å²) in [5.41, 5.74) is 4.05. The van der Waals surface area contributed by atoms with Crippen LogP contribution in [0.1, 0.15) is 35.5 Å². The zero-order valence-corrected chi connectivity index (χ0v) is 16.7. The third-order valence-corrected chi connectivity index (χ3v) is 7.21. The molecule has 0 saturated carbocycles. The Hall–Kier alpha value is -2.45. The average molecular weight is 408 g/mol. The Morgan fingerprint density at radius 2 is 2.04 bits per heavy atom. The van der Waals surface area contributed by atoms with E-state index < -0.39 is 0 Å². The van der Waals surface area contributed by atoms with Crippen LogP contribution in [0.15, 0.2) is 40.2 Å². The molecule has 4 heterocycles. The van der Waals surface area contributed by atoms with E-state index in [-0.39, 0.29) is 0 Å². The van der Waals surface area contributed by atoms with Crippen molar-refractivity contribution in [1.29, 1.82) is 0 Å². The maximum absolute atomic E-state index is 5.79. The Morgan fingerprint density at radius 1 is 1.11 bits per heavy atom. The number of hydrogen-bond donors (Lipinski definition) is 0. The number of rotatable bonds is 3. The Balaban J connectivity index is 1.36. The zero-order chi connectivity index (χ0) is 18.5. The highest BCUT2D eigenvalue weighted by molar-refractivity contribution is 7.98. The second kappa shape index (κ2) is 6.56. The molecule has 0 spiro atoms. The van der Waals surface area contributed by atoms with Gasteiger partial charge in [0.1, 0.15) is 16.7 Å². The van der Waals surface area contributed by atoms with Gasteiger partial charge < -0.3 is 4.42 Å². The Kier molecular flexibility index (Phi) is 3.87. The van der Waals surface area contributed by atoms with E-state index in [1.807, 2.05) is 40.1 Å². The Labute approximate surface area is 169 Å². The van der Waals surface area contributed by atoms with E-state index in [1.54, 1.807) is 6.33 Å². The van der Waals surface area contributed by atoms with Crippen molar-refractivity contribution < 1.29 is 4.42 Å². The van der Waals surface area contributed by atoms with E-state index >= 15 is 0 Å². The molecule has 5 aromatic rings. The predicted octanol–water partition coefficient (Wildman–Crippen LogP) is 5.04. The summed E-state index contributed by atoms with van der Waals surface area (Å²) >= 11 is 3.35. The van der Waals surface area contributed by atoms with Gasteiger partial charge in [-0.1, -0.05) is 30.3 Å². The van der Waals surface area contributed by atoms with E-state index in [0.29, 0.717) is 11.0 Å². The van der Waals surface area contributed by atoms with E-state index in [2.05, 4.69) is 15.1 Å². The maximum atomic E-state index is 5.79. The van der Waals surface area contributed by atoms with E-state index in [4.69, 9.17) is 9.40 Å². The summed E-state index contributed by atoms with van der Waals surface area (Å²) in [6, 6.07) is 7.80. The molecular formula is C20H17N5OS2. The fourth-order valence-electron chi connectivity index (χ4n) is 3.88. The lowest BCUT2D eigenvalue weighted by Crippen LogP contribution is -1.92. The highest BCUT2D eigenvalue weighted by Crippen LogP contribution is 2.36. The lowest BCUT2D eigenvalue weighted by Gasteiger charge is -1.98. The van der Waals surface area contributed by atoms with Gasteiger partial charge in [0.25, 0.3) is 5.22 Å². The summed E-state index contributed by atoms with van der Waals surface area (Å²) in [7, 11) is 0. The molecule has 1 aliphatic carbocycles. The molecule has 0 atom stereocenters. The van der Waals surface area contributed by atoms with Gasteiger partial charge in [-0.15, -0.1) is 16.4 Å². The number of aryl methyl sites for hydroxylation is 2.